The lowest BCUT2D eigenvalue weighted by Crippen LogP contribution is -2.57. The summed E-state index contributed by atoms with van der Waals surface area (Å²) in [5, 5.41) is 16.8. The average molecular weight is 806 g/mol. The number of hydrogen-bond acceptors (Lipinski definition) is 10. The van der Waals surface area contributed by atoms with Crippen molar-refractivity contribution in [3.63, 3.8) is 0 Å². The first-order chi connectivity index (χ1) is 26.9. The molecule has 57 heavy (non-hydrogen) atoms. The Kier molecular flexibility index (Phi) is 16.9. The third kappa shape index (κ3) is 15.9. The molecule has 0 saturated carbocycles. The van der Waals surface area contributed by atoms with E-state index in [4.69, 9.17) is 4.74 Å². The third-order valence-corrected chi connectivity index (χ3v) is 8.95. The zero-order valence-corrected chi connectivity index (χ0v) is 33.6. The van der Waals surface area contributed by atoms with Gasteiger partial charge in [-0.15, -0.1) is 0 Å². The quantitative estimate of drug-likeness (QED) is 0.0818. The number of rotatable bonds is 18. The lowest BCUT2D eigenvalue weighted by atomic mass is 9.99. The second-order valence-electron chi connectivity index (χ2n) is 14.2. The highest BCUT2D eigenvalue weighted by Crippen LogP contribution is 2.21. The summed E-state index contributed by atoms with van der Waals surface area (Å²) in [5.41, 5.74) is 2.92. The number of sulfone groups is 1. The highest BCUT2D eigenvalue weighted by Gasteiger charge is 2.32. The van der Waals surface area contributed by atoms with Crippen LogP contribution in [-0.2, 0) is 33.8 Å². The Balaban J connectivity index is 1.94. The number of ketones is 1. The number of nitrogens with zero attached hydrogens (tertiary/aromatic N) is 1. The van der Waals surface area contributed by atoms with Crippen molar-refractivity contribution in [1.29, 1.82) is 0 Å². The van der Waals surface area contributed by atoms with Gasteiger partial charge in [0.2, 0.25) is 11.8 Å². The number of carbonyl (C=O) groups excluding carboxylic acids is 6. The molecule has 0 spiro atoms. The Hall–Kier alpha value is -6.10. The first-order valence-electron chi connectivity index (χ1n) is 18.2. The molecule has 0 heterocycles. The Labute approximate surface area is 332 Å². The standard InChI is InChI=1S/C40H51N7O9S/c1-7-17-30(42-36(50)31(25-57(6,54)55)43-39(53)56-40(3,4)5)35(37(51)41-24-32(49)44-33(26(2)48)27-18-11-8-12-19-27)46-47-38(52)45-34(28-20-13-9-14-21-28)29-22-15-10-16-23-29/h8-16,18-23,30-31,33-34H,7,17,24-25H2,1-6H3,(H,41,51)(H,42,50)(H,43,53)(H,44,49)(H2,45,47,52)/t30-,31-,33+/m0/s1. The van der Waals surface area contributed by atoms with Crippen LogP contribution in [0.1, 0.15) is 76.2 Å². The van der Waals surface area contributed by atoms with Crippen molar-refractivity contribution in [2.75, 3.05) is 18.6 Å². The second-order valence-corrected chi connectivity index (χ2v) is 16.4. The second kappa shape index (κ2) is 21.3. The van der Waals surface area contributed by atoms with Crippen LogP contribution in [0, 0.1) is 0 Å². The van der Waals surface area contributed by atoms with Gasteiger partial charge in [-0.1, -0.05) is 104 Å². The number of benzene rings is 3. The normalized spacial score (nSPS) is 13.3. The zero-order chi connectivity index (χ0) is 42.2. The highest BCUT2D eigenvalue weighted by atomic mass is 32.2. The summed E-state index contributed by atoms with van der Waals surface area (Å²) in [6.45, 7) is 7.18. The molecule has 0 radical (unpaired) electrons. The van der Waals surface area contributed by atoms with Crippen LogP contribution in [0.15, 0.2) is 96.1 Å². The van der Waals surface area contributed by atoms with Gasteiger partial charge in [-0.05, 0) is 50.8 Å². The summed E-state index contributed by atoms with van der Waals surface area (Å²) in [4.78, 5) is 79.0. The molecule has 0 aliphatic carbocycles. The van der Waals surface area contributed by atoms with Crippen molar-refractivity contribution < 1.29 is 41.9 Å². The van der Waals surface area contributed by atoms with Crippen molar-refractivity contribution in [3.05, 3.63) is 108 Å². The van der Waals surface area contributed by atoms with Gasteiger partial charge in [-0.3, -0.25) is 19.2 Å². The molecule has 0 bridgehead atoms. The molecule has 3 aromatic rings. The van der Waals surface area contributed by atoms with Crippen LogP contribution in [0.4, 0.5) is 9.59 Å². The van der Waals surface area contributed by atoms with Gasteiger partial charge in [0.05, 0.1) is 24.4 Å². The van der Waals surface area contributed by atoms with Gasteiger partial charge in [0.25, 0.3) is 5.91 Å². The minimum Gasteiger partial charge on any atom is -0.444 e. The predicted molar refractivity (Wildman–Crippen MR) is 215 cm³/mol. The van der Waals surface area contributed by atoms with E-state index in [1.807, 2.05) is 60.7 Å². The Morgan fingerprint density at radius 3 is 1.74 bits per heavy atom. The van der Waals surface area contributed by atoms with Crippen molar-refractivity contribution >= 4 is 51.2 Å². The lowest BCUT2D eigenvalue weighted by Gasteiger charge is -2.25. The van der Waals surface area contributed by atoms with E-state index < -0.39 is 87.5 Å². The number of hydrazone groups is 1. The Bertz CT molecular complexity index is 1950. The molecule has 0 unspecified atom stereocenters. The number of amides is 6. The molecule has 3 atom stereocenters. The molecule has 0 saturated heterocycles. The molecule has 0 aliphatic rings. The summed E-state index contributed by atoms with van der Waals surface area (Å²) >= 11 is 0. The van der Waals surface area contributed by atoms with Gasteiger partial charge in [0.1, 0.15) is 33.2 Å². The van der Waals surface area contributed by atoms with Crippen molar-refractivity contribution in [2.45, 2.75) is 77.2 Å². The molecular weight excluding hydrogens is 755 g/mol. The van der Waals surface area contributed by atoms with Crippen LogP contribution >= 0.6 is 0 Å². The van der Waals surface area contributed by atoms with E-state index in [0.29, 0.717) is 12.0 Å². The smallest absolute Gasteiger partial charge is 0.408 e. The summed E-state index contributed by atoms with van der Waals surface area (Å²) in [6.07, 6.45) is 0.221. The molecule has 0 aliphatic heterocycles. The van der Waals surface area contributed by atoms with Gasteiger partial charge in [0, 0.05) is 6.26 Å². The van der Waals surface area contributed by atoms with E-state index in [-0.39, 0.29) is 12.2 Å². The molecule has 6 amide bonds. The molecule has 3 aromatic carbocycles. The fraction of sp³-hybridized carbons (Fsp3) is 0.375. The minimum atomic E-state index is -3.85. The van der Waals surface area contributed by atoms with E-state index in [0.717, 1.165) is 17.4 Å². The molecule has 306 valence electrons. The highest BCUT2D eigenvalue weighted by molar-refractivity contribution is 7.90. The van der Waals surface area contributed by atoms with Crippen LogP contribution in [0.3, 0.4) is 0 Å². The predicted octanol–water partition coefficient (Wildman–Crippen LogP) is 3.22. The van der Waals surface area contributed by atoms with Crippen molar-refractivity contribution in [3.8, 4) is 0 Å². The van der Waals surface area contributed by atoms with Crippen LogP contribution in [-0.4, -0.2) is 86.0 Å². The first-order valence-corrected chi connectivity index (χ1v) is 20.3. The number of alkyl carbamates (subject to hydrolysis) is 1. The van der Waals surface area contributed by atoms with E-state index in [1.54, 1.807) is 58.0 Å². The molecule has 17 heteroatoms. The Morgan fingerprint density at radius 1 is 0.737 bits per heavy atom. The van der Waals surface area contributed by atoms with Gasteiger partial charge in [0.15, 0.2) is 5.78 Å². The molecule has 0 aromatic heterocycles. The molecule has 3 rings (SSSR count). The number of Topliss-reactive ketones (excluding diaryl/α,β-unsaturated/α-hetero) is 1. The summed E-state index contributed by atoms with van der Waals surface area (Å²) in [7, 11) is -3.85. The molecule has 16 nitrogen and oxygen atoms in total. The number of carbonyl (C=O) groups is 6. The summed E-state index contributed by atoms with van der Waals surface area (Å²) in [6, 6.07) is 21.3. The van der Waals surface area contributed by atoms with Crippen LogP contribution in [0.2, 0.25) is 0 Å². The first kappa shape index (κ1) is 45.3. The summed E-state index contributed by atoms with van der Waals surface area (Å²) < 4.78 is 29.9. The van der Waals surface area contributed by atoms with Gasteiger partial charge < -0.3 is 31.3 Å². The lowest BCUT2D eigenvalue weighted by molar-refractivity contribution is -0.127. The number of urea groups is 1. The largest absolute Gasteiger partial charge is 0.444 e. The maximum absolute atomic E-state index is 13.8. The number of hydrogen-bond donors (Lipinski definition) is 6. The SMILES string of the molecule is CCC[C@H](NC(=O)[C@H](CS(C)(=O)=O)NC(=O)OC(C)(C)C)C(=NNC(=O)NC(c1ccccc1)c1ccccc1)C(=O)NCC(=O)N[C@H](C(C)=O)c1ccccc1. The molecule has 6 N–H and O–H groups in total. The minimum absolute atomic E-state index is 0.0442. The fourth-order valence-electron chi connectivity index (χ4n) is 5.51. The molecular formula is C40H51N7O9S. The summed E-state index contributed by atoms with van der Waals surface area (Å²) in [5.74, 6) is -3.86. The third-order valence-electron chi connectivity index (χ3n) is 8.01. The van der Waals surface area contributed by atoms with E-state index in [2.05, 4.69) is 37.1 Å². The monoisotopic (exact) mass is 805 g/mol. The van der Waals surface area contributed by atoms with Crippen LogP contribution in [0.5, 0.6) is 0 Å². The topological polar surface area (TPSA) is 230 Å². The van der Waals surface area contributed by atoms with Crippen molar-refractivity contribution in [2.24, 2.45) is 5.10 Å². The van der Waals surface area contributed by atoms with Crippen LogP contribution in [0.25, 0.3) is 0 Å². The number of ether oxygens (including phenoxy) is 1. The van der Waals surface area contributed by atoms with E-state index in [1.165, 1.54) is 6.92 Å². The number of nitrogens with one attached hydrogen (secondary N) is 6. The van der Waals surface area contributed by atoms with Gasteiger partial charge in [-0.2, -0.15) is 5.10 Å². The fourth-order valence-corrected chi connectivity index (χ4v) is 6.35. The van der Waals surface area contributed by atoms with Gasteiger partial charge >= 0.3 is 12.1 Å². The maximum Gasteiger partial charge on any atom is 0.408 e. The maximum atomic E-state index is 13.8. The Morgan fingerprint density at radius 2 is 1.26 bits per heavy atom. The van der Waals surface area contributed by atoms with E-state index in [9.17, 15) is 37.2 Å². The van der Waals surface area contributed by atoms with Gasteiger partial charge in [-0.25, -0.2) is 23.4 Å². The average Bonchev–Trinajstić information content (AvgIpc) is 3.14. The zero-order valence-electron chi connectivity index (χ0n) is 32.8. The van der Waals surface area contributed by atoms with Crippen LogP contribution < -0.4 is 32.0 Å². The van der Waals surface area contributed by atoms with Crippen molar-refractivity contribution in [1.82, 2.24) is 32.0 Å². The molecule has 0 fully saturated rings. The van der Waals surface area contributed by atoms with E-state index >= 15 is 0 Å².